The Morgan fingerprint density at radius 1 is 1.00 bits per heavy atom. The van der Waals surface area contributed by atoms with Crippen molar-refractivity contribution in [2.75, 3.05) is 5.32 Å². The summed E-state index contributed by atoms with van der Waals surface area (Å²) in [7, 11) is 0. The predicted molar refractivity (Wildman–Crippen MR) is 94.9 cm³/mol. The van der Waals surface area contributed by atoms with Gasteiger partial charge in [-0.1, -0.05) is 42.5 Å². The molecule has 1 fully saturated rings. The Morgan fingerprint density at radius 2 is 1.70 bits per heavy atom. The molecule has 2 aromatic rings. The lowest BCUT2D eigenvalue weighted by Gasteiger charge is -2.20. The Balaban J connectivity index is 1.70. The molecule has 1 saturated carbocycles. The lowest BCUT2D eigenvalue weighted by molar-refractivity contribution is -0.120. The molecule has 1 heterocycles. The quantitative estimate of drug-likeness (QED) is 0.787. The van der Waals surface area contributed by atoms with Gasteiger partial charge in [-0.15, -0.1) is 0 Å². The van der Waals surface area contributed by atoms with Crippen molar-refractivity contribution >= 4 is 34.9 Å². The van der Waals surface area contributed by atoms with Crippen molar-refractivity contribution in [1.29, 1.82) is 0 Å². The number of carbonyl (C=O) groups is 1. The Bertz CT molecular complexity index is 674. The number of anilines is 1. The maximum atomic E-state index is 12.2. The fourth-order valence-corrected chi connectivity index (χ4v) is 3.48. The third kappa shape index (κ3) is 4.24. The van der Waals surface area contributed by atoms with Crippen molar-refractivity contribution in [2.45, 2.75) is 32.1 Å². The third-order valence-corrected chi connectivity index (χ3v) is 4.62. The normalized spacial score (nSPS) is 15.4. The second-order valence-corrected chi connectivity index (χ2v) is 6.79. The van der Waals surface area contributed by atoms with Gasteiger partial charge in [0.1, 0.15) is 5.82 Å². The highest BCUT2D eigenvalue weighted by Crippen LogP contribution is 2.28. The van der Waals surface area contributed by atoms with Crippen molar-refractivity contribution < 1.29 is 4.79 Å². The summed E-state index contributed by atoms with van der Waals surface area (Å²) in [5, 5.41) is 4.08. The summed E-state index contributed by atoms with van der Waals surface area (Å²) >= 11 is 12.0. The van der Waals surface area contributed by atoms with Crippen LogP contribution in [0.2, 0.25) is 10.0 Å². The van der Waals surface area contributed by atoms with E-state index in [9.17, 15) is 4.79 Å². The minimum atomic E-state index is 0.0794. The first-order chi connectivity index (χ1) is 11.1. The summed E-state index contributed by atoms with van der Waals surface area (Å²) < 4.78 is 0. The van der Waals surface area contributed by atoms with E-state index in [1.165, 1.54) is 6.42 Å². The number of pyridine rings is 1. The van der Waals surface area contributed by atoms with Gasteiger partial charge in [0.25, 0.3) is 0 Å². The Morgan fingerprint density at radius 3 is 2.30 bits per heavy atom. The van der Waals surface area contributed by atoms with E-state index in [-0.39, 0.29) is 11.8 Å². The third-order valence-electron chi connectivity index (χ3n) is 4.19. The van der Waals surface area contributed by atoms with Crippen LogP contribution in [0.1, 0.15) is 32.1 Å². The molecule has 5 heteroatoms. The first kappa shape index (κ1) is 16.3. The number of carbonyl (C=O) groups excluding carboxylic acids is 1. The molecule has 120 valence electrons. The minimum Gasteiger partial charge on any atom is -0.310 e. The predicted octanol–water partition coefficient (Wildman–Crippen LogP) is 5.57. The summed E-state index contributed by atoms with van der Waals surface area (Å²) in [5.74, 6) is 0.783. The molecule has 1 aliphatic rings. The van der Waals surface area contributed by atoms with Crippen molar-refractivity contribution in [3.63, 3.8) is 0 Å². The molecule has 1 aromatic carbocycles. The number of rotatable bonds is 3. The number of nitrogens with one attached hydrogen (secondary N) is 1. The van der Waals surface area contributed by atoms with E-state index in [2.05, 4.69) is 10.3 Å². The smallest absolute Gasteiger partial charge is 0.228 e. The molecule has 3 rings (SSSR count). The van der Waals surface area contributed by atoms with E-state index >= 15 is 0 Å². The van der Waals surface area contributed by atoms with Gasteiger partial charge in [0.05, 0.1) is 0 Å². The second kappa shape index (κ2) is 7.33. The second-order valence-electron chi connectivity index (χ2n) is 5.91. The summed E-state index contributed by atoms with van der Waals surface area (Å²) in [4.78, 5) is 16.6. The molecule has 3 nitrogen and oxygen atoms in total. The van der Waals surface area contributed by atoms with Crippen LogP contribution >= 0.6 is 23.2 Å². The molecule has 23 heavy (non-hydrogen) atoms. The van der Waals surface area contributed by atoms with Crippen LogP contribution in [0.15, 0.2) is 36.5 Å². The van der Waals surface area contributed by atoms with Gasteiger partial charge in [0.15, 0.2) is 0 Å². The van der Waals surface area contributed by atoms with E-state index < -0.39 is 0 Å². The number of amides is 1. The fourth-order valence-electron chi connectivity index (χ4n) is 2.95. The van der Waals surface area contributed by atoms with Gasteiger partial charge in [0.2, 0.25) is 5.91 Å². The summed E-state index contributed by atoms with van der Waals surface area (Å²) in [6, 6.07) is 9.09. The van der Waals surface area contributed by atoms with Gasteiger partial charge in [-0.25, -0.2) is 4.98 Å². The highest BCUT2D eigenvalue weighted by atomic mass is 35.5. The molecule has 0 unspecified atom stereocenters. The molecule has 0 bridgehead atoms. The van der Waals surface area contributed by atoms with Gasteiger partial charge >= 0.3 is 0 Å². The Labute approximate surface area is 146 Å². The summed E-state index contributed by atoms with van der Waals surface area (Å²) in [6.07, 6.45) is 7.19. The van der Waals surface area contributed by atoms with Crippen LogP contribution in [0, 0.1) is 5.92 Å². The van der Waals surface area contributed by atoms with Crippen LogP contribution in [-0.4, -0.2) is 10.9 Å². The van der Waals surface area contributed by atoms with Crippen LogP contribution < -0.4 is 5.32 Å². The monoisotopic (exact) mass is 348 g/mol. The number of halogens is 2. The highest BCUT2D eigenvalue weighted by Gasteiger charge is 2.21. The average molecular weight is 349 g/mol. The van der Waals surface area contributed by atoms with E-state index in [1.54, 1.807) is 12.3 Å². The maximum Gasteiger partial charge on any atom is 0.228 e. The molecule has 0 aliphatic heterocycles. The zero-order chi connectivity index (χ0) is 16.2. The van der Waals surface area contributed by atoms with Crippen molar-refractivity contribution in [3.8, 4) is 11.1 Å². The van der Waals surface area contributed by atoms with Crippen LogP contribution in [-0.2, 0) is 4.79 Å². The molecule has 0 atom stereocenters. The van der Waals surface area contributed by atoms with E-state index in [1.807, 2.05) is 24.3 Å². The lowest BCUT2D eigenvalue weighted by Crippen LogP contribution is -2.25. The number of hydrogen-bond donors (Lipinski definition) is 1. The molecule has 0 saturated heterocycles. The molecular formula is C18H18Cl2N2O. The van der Waals surface area contributed by atoms with Gasteiger partial charge in [-0.05, 0) is 48.7 Å². The topological polar surface area (TPSA) is 42.0 Å². The van der Waals surface area contributed by atoms with Gasteiger partial charge in [-0.3, -0.25) is 4.79 Å². The average Bonchev–Trinajstić information content (AvgIpc) is 2.55. The molecule has 0 radical (unpaired) electrons. The lowest BCUT2D eigenvalue weighted by atomic mass is 9.89. The molecule has 1 aliphatic carbocycles. The maximum absolute atomic E-state index is 12.2. The first-order valence-corrected chi connectivity index (χ1v) is 8.61. The van der Waals surface area contributed by atoms with Gasteiger partial charge in [0, 0.05) is 27.7 Å². The SMILES string of the molecule is O=C(Nc1ccc(-c2cc(Cl)cc(Cl)c2)cn1)C1CCCCC1. The molecule has 0 spiro atoms. The van der Waals surface area contributed by atoms with E-state index in [0.717, 1.165) is 36.8 Å². The minimum absolute atomic E-state index is 0.0794. The summed E-state index contributed by atoms with van der Waals surface area (Å²) in [6.45, 7) is 0. The molecular weight excluding hydrogens is 331 g/mol. The zero-order valence-electron chi connectivity index (χ0n) is 12.7. The standard InChI is InChI=1S/C18H18Cl2N2O/c19-15-8-14(9-16(20)10-15)13-6-7-17(21-11-13)22-18(23)12-4-2-1-3-5-12/h6-12H,1-5H2,(H,21,22,23). The zero-order valence-corrected chi connectivity index (χ0v) is 14.2. The van der Waals surface area contributed by atoms with Crippen molar-refractivity contribution in [3.05, 3.63) is 46.6 Å². The Kier molecular flexibility index (Phi) is 5.19. The first-order valence-electron chi connectivity index (χ1n) is 7.85. The van der Waals surface area contributed by atoms with Crippen LogP contribution in [0.3, 0.4) is 0 Å². The number of benzene rings is 1. The number of aromatic nitrogens is 1. The van der Waals surface area contributed by atoms with Crippen LogP contribution in [0.5, 0.6) is 0 Å². The van der Waals surface area contributed by atoms with Gasteiger partial charge in [-0.2, -0.15) is 0 Å². The van der Waals surface area contributed by atoms with Crippen molar-refractivity contribution in [1.82, 2.24) is 4.98 Å². The number of nitrogens with zero attached hydrogens (tertiary/aromatic N) is 1. The molecule has 1 N–H and O–H groups in total. The van der Waals surface area contributed by atoms with Crippen molar-refractivity contribution in [2.24, 2.45) is 5.92 Å². The summed E-state index contributed by atoms with van der Waals surface area (Å²) in [5.41, 5.74) is 1.81. The van der Waals surface area contributed by atoms with Gasteiger partial charge < -0.3 is 5.32 Å². The van der Waals surface area contributed by atoms with Crippen LogP contribution in [0.25, 0.3) is 11.1 Å². The molecule has 1 aromatic heterocycles. The van der Waals surface area contributed by atoms with E-state index in [4.69, 9.17) is 23.2 Å². The molecule has 1 amide bonds. The largest absolute Gasteiger partial charge is 0.310 e. The number of hydrogen-bond acceptors (Lipinski definition) is 2. The highest BCUT2D eigenvalue weighted by molar-refractivity contribution is 6.35. The van der Waals surface area contributed by atoms with Crippen LogP contribution in [0.4, 0.5) is 5.82 Å². The fraction of sp³-hybridized carbons (Fsp3) is 0.333. The van der Waals surface area contributed by atoms with E-state index in [0.29, 0.717) is 15.9 Å². The Hall–Kier alpha value is -1.58.